The van der Waals surface area contributed by atoms with Crippen molar-refractivity contribution in [3.05, 3.63) is 35.4 Å². The molecule has 1 aromatic carbocycles. The molecular formula is C17H26N2O2. The zero-order valence-corrected chi connectivity index (χ0v) is 13.0. The summed E-state index contributed by atoms with van der Waals surface area (Å²) < 4.78 is 0. The number of aliphatic hydroxyl groups excluding tert-OH is 1. The van der Waals surface area contributed by atoms with Crippen molar-refractivity contribution in [3.8, 4) is 0 Å². The highest BCUT2D eigenvalue weighted by atomic mass is 16.3. The van der Waals surface area contributed by atoms with E-state index in [1.165, 1.54) is 11.1 Å². The number of aryl methyl sites for hydroxylation is 1. The monoisotopic (exact) mass is 290 g/mol. The van der Waals surface area contributed by atoms with E-state index in [0.717, 1.165) is 32.4 Å². The number of likely N-dealkylation sites (tertiary alicyclic amines) is 1. The van der Waals surface area contributed by atoms with Crippen LogP contribution in [0.5, 0.6) is 0 Å². The molecule has 0 saturated carbocycles. The number of rotatable bonds is 5. The largest absolute Gasteiger partial charge is 0.393 e. The number of benzene rings is 1. The molecule has 1 amide bonds. The number of hydrogen-bond donors (Lipinski definition) is 2. The molecule has 1 atom stereocenters. The lowest BCUT2D eigenvalue weighted by Gasteiger charge is -2.29. The SMILES string of the molecule is Cc1ccccc1CC(C)NC(=O)CN1CCC(O)CC1. The third-order valence-corrected chi connectivity index (χ3v) is 4.12. The normalized spacial score (nSPS) is 18.4. The number of nitrogens with zero attached hydrogens (tertiary/aromatic N) is 1. The lowest BCUT2D eigenvalue weighted by molar-refractivity contribution is -0.123. The van der Waals surface area contributed by atoms with Crippen LogP contribution in [0.2, 0.25) is 0 Å². The molecular weight excluding hydrogens is 264 g/mol. The minimum atomic E-state index is -0.190. The van der Waals surface area contributed by atoms with Crippen LogP contribution in [0.3, 0.4) is 0 Å². The molecule has 1 unspecified atom stereocenters. The zero-order chi connectivity index (χ0) is 15.2. The van der Waals surface area contributed by atoms with Crippen molar-refractivity contribution in [2.24, 2.45) is 0 Å². The highest BCUT2D eigenvalue weighted by Gasteiger charge is 2.19. The summed E-state index contributed by atoms with van der Waals surface area (Å²) in [6.07, 6.45) is 2.21. The Kier molecular flexibility index (Phi) is 5.76. The maximum absolute atomic E-state index is 12.1. The summed E-state index contributed by atoms with van der Waals surface area (Å²) in [5.41, 5.74) is 2.55. The van der Waals surface area contributed by atoms with Gasteiger partial charge in [-0.15, -0.1) is 0 Å². The van der Waals surface area contributed by atoms with Crippen LogP contribution < -0.4 is 5.32 Å². The lowest BCUT2D eigenvalue weighted by Crippen LogP contribution is -2.45. The summed E-state index contributed by atoms with van der Waals surface area (Å²) in [7, 11) is 0. The number of hydrogen-bond acceptors (Lipinski definition) is 3. The van der Waals surface area contributed by atoms with E-state index < -0.39 is 0 Å². The predicted octanol–water partition coefficient (Wildman–Crippen LogP) is 1.50. The molecule has 0 aliphatic carbocycles. The minimum absolute atomic E-state index is 0.0764. The van der Waals surface area contributed by atoms with Crippen molar-refractivity contribution in [3.63, 3.8) is 0 Å². The van der Waals surface area contributed by atoms with Gasteiger partial charge in [-0.25, -0.2) is 0 Å². The van der Waals surface area contributed by atoms with E-state index in [-0.39, 0.29) is 18.1 Å². The van der Waals surface area contributed by atoms with Gasteiger partial charge in [-0.05, 0) is 44.2 Å². The Balaban J connectivity index is 1.76. The van der Waals surface area contributed by atoms with Gasteiger partial charge in [0.25, 0.3) is 0 Å². The molecule has 0 bridgehead atoms. The van der Waals surface area contributed by atoms with Crippen LogP contribution in [0.4, 0.5) is 0 Å². The second-order valence-electron chi connectivity index (χ2n) is 6.11. The van der Waals surface area contributed by atoms with Crippen molar-refractivity contribution in [1.82, 2.24) is 10.2 Å². The van der Waals surface area contributed by atoms with E-state index in [9.17, 15) is 9.90 Å². The Labute approximate surface area is 127 Å². The molecule has 4 nitrogen and oxygen atoms in total. The standard InChI is InChI=1S/C17H26N2O2/c1-13-5-3-4-6-15(13)11-14(2)18-17(21)12-19-9-7-16(20)8-10-19/h3-6,14,16,20H,7-12H2,1-2H3,(H,18,21). The number of amides is 1. The van der Waals surface area contributed by atoms with Crippen LogP contribution in [0.15, 0.2) is 24.3 Å². The molecule has 2 rings (SSSR count). The summed E-state index contributed by atoms with van der Waals surface area (Å²) >= 11 is 0. The predicted molar refractivity (Wildman–Crippen MR) is 84.2 cm³/mol. The molecule has 4 heteroatoms. The lowest BCUT2D eigenvalue weighted by atomic mass is 10.0. The van der Waals surface area contributed by atoms with E-state index in [0.29, 0.717) is 6.54 Å². The molecule has 116 valence electrons. The molecule has 1 aliphatic rings. The fourth-order valence-corrected chi connectivity index (χ4v) is 2.82. The topological polar surface area (TPSA) is 52.6 Å². The summed E-state index contributed by atoms with van der Waals surface area (Å²) in [6, 6.07) is 8.42. The average molecular weight is 290 g/mol. The van der Waals surface area contributed by atoms with Gasteiger partial charge in [0.1, 0.15) is 0 Å². The Morgan fingerprint density at radius 1 is 1.38 bits per heavy atom. The maximum atomic E-state index is 12.1. The van der Waals surface area contributed by atoms with Gasteiger partial charge in [0.2, 0.25) is 5.91 Å². The minimum Gasteiger partial charge on any atom is -0.393 e. The van der Waals surface area contributed by atoms with Crippen LogP contribution in [-0.4, -0.2) is 47.7 Å². The van der Waals surface area contributed by atoms with Gasteiger partial charge in [-0.1, -0.05) is 24.3 Å². The van der Waals surface area contributed by atoms with E-state index in [2.05, 4.69) is 29.3 Å². The van der Waals surface area contributed by atoms with Crippen LogP contribution in [-0.2, 0) is 11.2 Å². The fourth-order valence-electron chi connectivity index (χ4n) is 2.82. The first kappa shape index (κ1) is 16.0. The van der Waals surface area contributed by atoms with Crippen LogP contribution in [0, 0.1) is 6.92 Å². The number of carbonyl (C=O) groups is 1. The molecule has 1 saturated heterocycles. The first-order valence-corrected chi connectivity index (χ1v) is 7.79. The maximum Gasteiger partial charge on any atom is 0.234 e. The Bertz CT molecular complexity index is 468. The molecule has 21 heavy (non-hydrogen) atoms. The number of nitrogens with one attached hydrogen (secondary N) is 1. The number of aliphatic hydroxyl groups is 1. The van der Waals surface area contributed by atoms with Gasteiger partial charge in [-0.3, -0.25) is 9.69 Å². The molecule has 0 aromatic heterocycles. The fraction of sp³-hybridized carbons (Fsp3) is 0.588. The van der Waals surface area contributed by atoms with E-state index >= 15 is 0 Å². The van der Waals surface area contributed by atoms with Crippen molar-refractivity contribution in [2.75, 3.05) is 19.6 Å². The Morgan fingerprint density at radius 2 is 2.05 bits per heavy atom. The van der Waals surface area contributed by atoms with Crippen LogP contribution in [0.1, 0.15) is 30.9 Å². The molecule has 1 heterocycles. The average Bonchev–Trinajstić information content (AvgIpc) is 2.44. The van der Waals surface area contributed by atoms with Crippen molar-refractivity contribution < 1.29 is 9.90 Å². The summed E-state index contributed by atoms with van der Waals surface area (Å²) in [5.74, 6) is 0.0764. The number of carbonyl (C=O) groups excluding carboxylic acids is 1. The van der Waals surface area contributed by atoms with E-state index in [4.69, 9.17) is 0 Å². The van der Waals surface area contributed by atoms with Gasteiger partial charge in [0.15, 0.2) is 0 Å². The molecule has 0 spiro atoms. The summed E-state index contributed by atoms with van der Waals surface area (Å²) in [4.78, 5) is 14.2. The highest BCUT2D eigenvalue weighted by molar-refractivity contribution is 5.78. The quantitative estimate of drug-likeness (QED) is 0.864. The molecule has 2 N–H and O–H groups in total. The third-order valence-electron chi connectivity index (χ3n) is 4.12. The van der Waals surface area contributed by atoms with Gasteiger partial charge >= 0.3 is 0 Å². The van der Waals surface area contributed by atoms with Crippen molar-refractivity contribution in [1.29, 1.82) is 0 Å². The highest BCUT2D eigenvalue weighted by Crippen LogP contribution is 2.11. The summed E-state index contributed by atoms with van der Waals surface area (Å²) in [5, 5.41) is 12.5. The first-order chi connectivity index (χ1) is 10.0. The van der Waals surface area contributed by atoms with Gasteiger partial charge in [0.05, 0.1) is 12.6 Å². The smallest absolute Gasteiger partial charge is 0.234 e. The van der Waals surface area contributed by atoms with Crippen LogP contribution >= 0.6 is 0 Å². The van der Waals surface area contributed by atoms with Crippen LogP contribution in [0.25, 0.3) is 0 Å². The van der Waals surface area contributed by atoms with E-state index in [1.807, 2.05) is 19.1 Å². The molecule has 0 radical (unpaired) electrons. The van der Waals surface area contributed by atoms with E-state index in [1.54, 1.807) is 0 Å². The van der Waals surface area contributed by atoms with Gasteiger partial charge in [-0.2, -0.15) is 0 Å². The Morgan fingerprint density at radius 3 is 2.71 bits per heavy atom. The Hall–Kier alpha value is -1.39. The number of piperidine rings is 1. The van der Waals surface area contributed by atoms with Gasteiger partial charge in [0, 0.05) is 19.1 Å². The molecule has 1 aliphatic heterocycles. The van der Waals surface area contributed by atoms with Crippen molar-refractivity contribution in [2.45, 2.75) is 45.3 Å². The van der Waals surface area contributed by atoms with Crippen molar-refractivity contribution >= 4 is 5.91 Å². The second-order valence-corrected chi connectivity index (χ2v) is 6.11. The molecule has 1 aromatic rings. The third kappa shape index (κ3) is 5.14. The summed E-state index contributed by atoms with van der Waals surface area (Å²) in [6.45, 7) is 6.19. The van der Waals surface area contributed by atoms with Gasteiger partial charge < -0.3 is 10.4 Å². The first-order valence-electron chi connectivity index (χ1n) is 7.79. The molecule has 1 fully saturated rings. The zero-order valence-electron chi connectivity index (χ0n) is 13.0. The second kappa shape index (κ2) is 7.57.